The fourth-order valence-electron chi connectivity index (χ4n) is 1.34. The Morgan fingerprint density at radius 1 is 1.60 bits per heavy atom. The highest BCUT2D eigenvalue weighted by Crippen LogP contribution is 2.44. The van der Waals surface area contributed by atoms with Gasteiger partial charge >= 0.3 is 0 Å². The van der Waals surface area contributed by atoms with Crippen molar-refractivity contribution in [2.24, 2.45) is 5.41 Å². The maximum absolute atomic E-state index is 11.6. The van der Waals surface area contributed by atoms with E-state index in [0.717, 1.165) is 0 Å². The summed E-state index contributed by atoms with van der Waals surface area (Å²) in [4.78, 5) is 15.4. The molecule has 4 heteroatoms. The van der Waals surface area contributed by atoms with Gasteiger partial charge in [0, 0.05) is 12.7 Å². The molecule has 4 nitrogen and oxygen atoms in total. The lowest BCUT2D eigenvalue weighted by Crippen LogP contribution is -2.28. The highest BCUT2D eigenvalue weighted by Gasteiger charge is 2.37. The maximum atomic E-state index is 11.6. The molecule has 15 heavy (non-hydrogen) atoms. The van der Waals surface area contributed by atoms with Crippen molar-refractivity contribution >= 4 is 5.91 Å². The lowest BCUT2D eigenvalue weighted by Gasteiger charge is -2.09. The second-order valence-corrected chi connectivity index (χ2v) is 4.43. The first-order valence-corrected chi connectivity index (χ1v) is 5.01. The summed E-state index contributed by atoms with van der Waals surface area (Å²) in [5, 5.41) is 12.0. The third-order valence-electron chi connectivity index (χ3n) is 2.77. The van der Waals surface area contributed by atoms with E-state index >= 15 is 0 Å². The number of carbonyl (C=O) groups is 1. The van der Waals surface area contributed by atoms with Gasteiger partial charge in [-0.05, 0) is 24.3 Å². The Morgan fingerprint density at radius 3 is 2.93 bits per heavy atom. The van der Waals surface area contributed by atoms with Gasteiger partial charge in [0.25, 0.3) is 5.91 Å². The zero-order valence-corrected chi connectivity index (χ0v) is 8.66. The number of nitrogens with zero attached hydrogens (tertiary/aromatic N) is 1. The fourth-order valence-corrected chi connectivity index (χ4v) is 1.34. The van der Waals surface area contributed by atoms with Gasteiger partial charge in [-0.2, -0.15) is 0 Å². The summed E-state index contributed by atoms with van der Waals surface area (Å²) < 4.78 is 0. The van der Waals surface area contributed by atoms with E-state index in [-0.39, 0.29) is 11.7 Å². The van der Waals surface area contributed by atoms with Crippen molar-refractivity contribution in [3.05, 3.63) is 24.0 Å². The Kier molecular flexibility index (Phi) is 2.34. The first-order valence-electron chi connectivity index (χ1n) is 5.01. The number of carbonyl (C=O) groups excluding carboxylic acids is 1. The number of aromatic hydroxyl groups is 1. The van der Waals surface area contributed by atoms with Crippen molar-refractivity contribution in [2.45, 2.75) is 19.8 Å². The number of amides is 1. The third kappa shape index (κ3) is 2.46. The van der Waals surface area contributed by atoms with E-state index in [1.54, 1.807) is 0 Å². The van der Waals surface area contributed by atoms with Crippen LogP contribution in [-0.2, 0) is 0 Å². The van der Waals surface area contributed by atoms with Crippen LogP contribution < -0.4 is 5.32 Å². The predicted octanol–water partition coefficient (Wildman–Crippen LogP) is 1.32. The number of nitrogens with one attached hydrogen (secondary N) is 1. The summed E-state index contributed by atoms with van der Waals surface area (Å²) in [7, 11) is 0. The molecule has 0 aliphatic heterocycles. The van der Waals surface area contributed by atoms with Crippen molar-refractivity contribution in [3.63, 3.8) is 0 Å². The molecule has 1 aromatic rings. The van der Waals surface area contributed by atoms with Crippen molar-refractivity contribution in [3.8, 4) is 5.75 Å². The molecule has 1 saturated carbocycles. The van der Waals surface area contributed by atoms with Crippen molar-refractivity contribution in [1.82, 2.24) is 10.3 Å². The Hall–Kier alpha value is -1.58. The number of hydrogen-bond donors (Lipinski definition) is 2. The summed E-state index contributed by atoms with van der Waals surface area (Å²) in [6.45, 7) is 2.84. The average molecular weight is 206 g/mol. The first kappa shape index (κ1) is 9.96. The SMILES string of the molecule is CC1(CNC(=O)c2cncc(O)c2)CC1. The second-order valence-electron chi connectivity index (χ2n) is 4.43. The van der Waals surface area contributed by atoms with E-state index in [2.05, 4.69) is 17.2 Å². The van der Waals surface area contributed by atoms with Gasteiger partial charge in [-0.15, -0.1) is 0 Å². The van der Waals surface area contributed by atoms with Crippen LogP contribution in [0.3, 0.4) is 0 Å². The maximum Gasteiger partial charge on any atom is 0.253 e. The number of hydrogen-bond acceptors (Lipinski definition) is 3. The van der Waals surface area contributed by atoms with Crippen LogP contribution in [0.4, 0.5) is 0 Å². The molecule has 0 spiro atoms. The normalized spacial score (nSPS) is 17.1. The minimum Gasteiger partial charge on any atom is -0.506 e. The number of pyridine rings is 1. The van der Waals surface area contributed by atoms with Crippen LogP contribution in [-0.4, -0.2) is 22.5 Å². The smallest absolute Gasteiger partial charge is 0.253 e. The van der Waals surface area contributed by atoms with Gasteiger partial charge in [-0.25, -0.2) is 0 Å². The molecule has 1 fully saturated rings. The lowest BCUT2D eigenvalue weighted by molar-refractivity contribution is 0.0945. The molecule has 80 valence electrons. The van der Waals surface area contributed by atoms with Crippen molar-refractivity contribution < 1.29 is 9.90 Å². The summed E-state index contributed by atoms with van der Waals surface area (Å²) in [5.41, 5.74) is 0.694. The van der Waals surface area contributed by atoms with Crippen LogP contribution in [0.2, 0.25) is 0 Å². The molecule has 0 unspecified atom stereocenters. The van der Waals surface area contributed by atoms with Crippen molar-refractivity contribution in [1.29, 1.82) is 0 Å². The minimum absolute atomic E-state index is 0.0142. The zero-order chi connectivity index (χ0) is 10.9. The van der Waals surface area contributed by atoms with Crippen LogP contribution in [0, 0.1) is 5.41 Å². The fraction of sp³-hybridized carbons (Fsp3) is 0.455. The average Bonchev–Trinajstić information content (AvgIpc) is 2.94. The van der Waals surface area contributed by atoms with E-state index in [1.807, 2.05) is 0 Å². The number of rotatable bonds is 3. The molecule has 0 bridgehead atoms. The van der Waals surface area contributed by atoms with Crippen LogP contribution in [0.15, 0.2) is 18.5 Å². The monoisotopic (exact) mass is 206 g/mol. The van der Waals surface area contributed by atoms with Crippen molar-refractivity contribution in [2.75, 3.05) is 6.54 Å². The van der Waals surface area contributed by atoms with Crippen LogP contribution in [0.5, 0.6) is 5.75 Å². The predicted molar refractivity (Wildman–Crippen MR) is 55.6 cm³/mol. The highest BCUT2D eigenvalue weighted by atomic mass is 16.3. The molecule has 1 aliphatic rings. The van der Waals surface area contributed by atoms with Crippen LogP contribution in [0.1, 0.15) is 30.1 Å². The van der Waals surface area contributed by atoms with Gasteiger partial charge in [0.05, 0.1) is 11.8 Å². The summed E-state index contributed by atoms with van der Waals surface area (Å²) in [6.07, 6.45) is 5.10. The van der Waals surface area contributed by atoms with E-state index in [1.165, 1.54) is 31.3 Å². The molecule has 2 rings (SSSR count). The molecule has 1 aliphatic carbocycles. The standard InChI is InChI=1S/C11H14N2O2/c1-11(2-3-11)7-13-10(15)8-4-9(14)6-12-5-8/h4-6,14H,2-3,7H2,1H3,(H,13,15). The molecule has 0 aromatic carbocycles. The third-order valence-corrected chi connectivity index (χ3v) is 2.77. The van der Waals surface area contributed by atoms with Gasteiger partial charge in [-0.3, -0.25) is 9.78 Å². The van der Waals surface area contributed by atoms with Gasteiger partial charge in [-0.1, -0.05) is 6.92 Å². The topological polar surface area (TPSA) is 62.2 Å². The Balaban J connectivity index is 1.95. The molecule has 0 radical (unpaired) electrons. The van der Waals surface area contributed by atoms with Gasteiger partial charge in [0.15, 0.2) is 0 Å². The molecule has 1 amide bonds. The lowest BCUT2D eigenvalue weighted by atomic mass is 10.1. The Morgan fingerprint density at radius 2 is 2.33 bits per heavy atom. The molecule has 0 atom stereocenters. The second kappa shape index (κ2) is 3.53. The molecule has 2 N–H and O–H groups in total. The summed E-state index contributed by atoms with van der Waals surface area (Å²) in [6, 6.07) is 1.41. The Labute approximate surface area is 88.3 Å². The largest absolute Gasteiger partial charge is 0.506 e. The van der Waals surface area contributed by atoms with Gasteiger partial charge < -0.3 is 10.4 Å². The zero-order valence-electron chi connectivity index (χ0n) is 8.66. The Bertz CT molecular complexity index is 386. The molecular formula is C11H14N2O2. The summed E-state index contributed by atoms with van der Waals surface area (Å²) in [5.74, 6) is -0.160. The first-order chi connectivity index (χ1) is 7.09. The van der Waals surface area contributed by atoms with Crippen LogP contribution in [0.25, 0.3) is 0 Å². The minimum atomic E-state index is -0.175. The molecule has 1 heterocycles. The summed E-state index contributed by atoms with van der Waals surface area (Å²) >= 11 is 0. The van der Waals surface area contributed by atoms with Gasteiger partial charge in [0.2, 0.25) is 0 Å². The van der Waals surface area contributed by atoms with E-state index < -0.39 is 0 Å². The van der Waals surface area contributed by atoms with Crippen LogP contribution >= 0.6 is 0 Å². The van der Waals surface area contributed by atoms with E-state index in [9.17, 15) is 4.79 Å². The molecular weight excluding hydrogens is 192 g/mol. The highest BCUT2D eigenvalue weighted by molar-refractivity contribution is 5.94. The number of aromatic nitrogens is 1. The molecule has 1 aromatic heterocycles. The van der Waals surface area contributed by atoms with E-state index in [0.29, 0.717) is 17.5 Å². The van der Waals surface area contributed by atoms with Gasteiger partial charge in [0.1, 0.15) is 5.75 Å². The van der Waals surface area contributed by atoms with E-state index in [4.69, 9.17) is 5.11 Å². The molecule has 0 saturated heterocycles. The quantitative estimate of drug-likeness (QED) is 0.784.